The topological polar surface area (TPSA) is 49.8 Å². The van der Waals surface area contributed by atoms with Crippen LogP contribution in [0.4, 0.5) is 0 Å². The van der Waals surface area contributed by atoms with E-state index in [1.54, 1.807) is 0 Å². The second kappa shape index (κ2) is 6.68. The van der Waals surface area contributed by atoms with Crippen molar-refractivity contribution in [3.05, 3.63) is 35.9 Å². The molecular weight excluding hydrogens is 242 g/mol. The van der Waals surface area contributed by atoms with Crippen LogP contribution in [0.1, 0.15) is 24.9 Å². The number of likely N-dealkylation sites (tertiary alicyclic amines) is 1. The van der Waals surface area contributed by atoms with E-state index in [0.717, 1.165) is 19.5 Å². The highest BCUT2D eigenvalue weighted by atomic mass is 16.5. The highest BCUT2D eigenvalue weighted by Gasteiger charge is 2.26. The highest BCUT2D eigenvalue weighted by molar-refractivity contribution is 5.67. The van der Waals surface area contributed by atoms with E-state index in [0.29, 0.717) is 18.6 Å². The van der Waals surface area contributed by atoms with Crippen LogP contribution in [0.3, 0.4) is 0 Å². The molecule has 1 aliphatic heterocycles. The molecule has 0 saturated carbocycles. The van der Waals surface area contributed by atoms with Gasteiger partial charge in [-0.1, -0.05) is 30.3 Å². The summed E-state index contributed by atoms with van der Waals surface area (Å²) in [4.78, 5) is 12.8. The molecule has 4 heteroatoms. The molecule has 0 aromatic heterocycles. The largest absolute Gasteiger partial charge is 0.480 e. The fourth-order valence-electron chi connectivity index (χ4n) is 2.61. The maximum absolute atomic E-state index is 10.4. The first kappa shape index (κ1) is 14.0. The second-order valence-electron chi connectivity index (χ2n) is 5.15. The summed E-state index contributed by atoms with van der Waals surface area (Å²) in [5, 5.41) is 8.54. The summed E-state index contributed by atoms with van der Waals surface area (Å²) in [6, 6.07) is 10.9. The van der Waals surface area contributed by atoms with Crippen LogP contribution in [0.5, 0.6) is 0 Å². The van der Waals surface area contributed by atoms with Crippen LogP contribution in [0.15, 0.2) is 30.3 Å². The number of carbonyl (C=O) groups is 1. The van der Waals surface area contributed by atoms with Gasteiger partial charge in [0, 0.05) is 12.6 Å². The van der Waals surface area contributed by atoms with Crippen LogP contribution in [0, 0.1) is 5.92 Å². The number of benzene rings is 1. The van der Waals surface area contributed by atoms with Crippen molar-refractivity contribution < 1.29 is 14.6 Å². The predicted octanol–water partition coefficient (Wildman–Crippen LogP) is 2.17. The molecule has 0 spiro atoms. The van der Waals surface area contributed by atoms with Gasteiger partial charge in [0.1, 0.15) is 6.61 Å². The molecule has 0 aliphatic carbocycles. The van der Waals surface area contributed by atoms with Crippen LogP contribution in [-0.4, -0.2) is 42.3 Å². The normalized spacial score (nSPS) is 21.4. The molecular formula is C15H21NO3. The predicted molar refractivity (Wildman–Crippen MR) is 73.0 cm³/mol. The van der Waals surface area contributed by atoms with E-state index in [1.165, 1.54) is 5.56 Å². The van der Waals surface area contributed by atoms with E-state index in [4.69, 9.17) is 9.84 Å². The monoisotopic (exact) mass is 263 g/mol. The van der Waals surface area contributed by atoms with Crippen molar-refractivity contribution in [3.63, 3.8) is 0 Å². The molecule has 19 heavy (non-hydrogen) atoms. The number of carboxylic acids is 1. The Labute approximate surface area is 114 Å². The van der Waals surface area contributed by atoms with Crippen molar-refractivity contribution in [2.75, 3.05) is 26.3 Å². The third-order valence-electron chi connectivity index (χ3n) is 3.73. The molecule has 104 valence electrons. The van der Waals surface area contributed by atoms with Gasteiger partial charge in [-0.3, -0.25) is 4.90 Å². The maximum atomic E-state index is 10.4. The SMILES string of the molecule is C[C@H](c1ccccc1)N1CC[C@H](COCC(=O)O)C1. The zero-order valence-electron chi connectivity index (χ0n) is 11.3. The quantitative estimate of drug-likeness (QED) is 0.854. The van der Waals surface area contributed by atoms with E-state index < -0.39 is 5.97 Å². The van der Waals surface area contributed by atoms with Gasteiger partial charge in [0.05, 0.1) is 6.61 Å². The lowest BCUT2D eigenvalue weighted by Gasteiger charge is -2.24. The summed E-state index contributed by atoms with van der Waals surface area (Å²) in [6.45, 7) is 4.61. The van der Waals surface area contributed by atoms with Gasteiger partial charge >= 0.3 is 5.97 Å². The molecule has 0 bridgehead atoms. The Hall–Kier alpha value is -1.39. The van der Waals surface area contributed by atoms with Gasteiger partial charge in [-0.2, -0.15) is 0 Å². The van der Waals surface area contributed by atoms with E-state index >= 15 is 0 Å². The summed E-state index contributed by atoms with van der Waals surface area (Å²) in [6.07, 6.45) is 1.08. The summed E-state index contributed by atoms with van der Waals surface area (Å²) >= 11 is 0. The van der Waals surface area contributed by atoms with Crippen LogP contribution < -0.4 is 0 Å². The van der Waals surface area contributed by atoms with Crippen molar-refractivity contribution in [2.45, 2.75) is 19.4 Å². The minimum atomic E-state index is -0.896. The molecule has 2 rings (SSSR count). The lowest BCUT2D eigenvalue weighted by atomic mass is 10.1. The third-order valence-corrected chi connectivity index (χ3v) is 3.73. The van der Waals surface area contributed by atoms with Crippen LogP contribution in [-0.2, 0) is 9.53 Å². The van der Waals surface area contributed by atoms with Gasteiger partial charge < -0.3 is 9.84 Å². The lowest BCUT2D eigenvalue weighted by Crippen LogP contribution is -2.25. The number of aliphatic carboxylic acids is 1. The first-order chi connectivity index (χ1) is 9.16. The summed E-state index contributed by atoms with van der Waals surface area (Å²) in [5.74, 6) is -0.446. The third kappa shape index (κ3) is 4.04. The summed E-state index contributed by atoms with van der Waals surface area (Å²) in [5.41, 5.74) is 1.33. The van der Waals surface area contributed by atoms with Gasteiger partial charge in [0.25, 0.3) is 0 Å². The van der Waals surface area contributed by atoms with Gasteiger partial charge in [0.15, 0.2) is 0 Å². The average molecular weight is 263 g/mol. The molecule has 1 N–H and O–H groups in total. The Balaban J connectivity index is 1.80. The molecule has 0 unspecified atom stereocenters. The molecule has 2 atom stereocenters. The highest BCUT2D eigenvalue weighted by Crippen LogP contribution is 2.27. The Morgan fingerprint density at radius 3 is 2.89 bits per heavy atom. The molecule has 4 nitrogen and oxygen atoms in total. The van der Waals surface area contributed by atoms with Crippen molar-refractivity contribution >= 4 is 5.97 Å². The average Bonchev–Trinajstić information content (AvgIpc) is 2.87. The molecule has 1 saturated heterocycles. The molecule has 1 aromatic carbocycles. The summed E-state index contributed by atoms with van der Waals surface area (Å²) in [7, 11) is 0. The Morgan fingerprint density at radius 1 is 1.47 bits per heavy atom. The molecule has 1 fully saturated rings. The van der Waals surface area contributed by atoms with Crippen LogP contribution >= 0.6 is 0 Å². The number of rotatable bonds is 6. The Bertz CT molecular complexity index is 407. The first-order valence-electron chi connectivity index (χ1n) is 6.75. The fraction of sp³-hybridized carbons (Fsp3) is 0.533. The maximum Gasteiger partial charge on any atom is 0.329 e. The minimum absolute atomic E-state index is 0.190. The van der Waals surface area contributed by atoms with Crippen LogP contribution in [0.2, 0.25) is 0 Å². The van der Waals surface area contributed by atoms with Gasteiger partial charge in [-0.05, 0) is 31.4 Å². The van der Waals surface area contributed by atoms with Gasteiger partial charge in [-0.25, -0.2) is 4.79 Å². The van der Waals surface area contributed by atoms with Crippen molar-refractivity contribution in [1.82, 2.24) is 4.90 Å². The van der Waals surface area contributed by atoms with E-state index in [9.17, 15) is 4.79 Å². The second-order valence-corrected chi connectivity index (χ2v) is 5.15. The minimum Gasteiger partial charge on any atom is -0.480 e. The first-order valence-corrected chi connectivity index (χ1v) is 6.75. The standard InChI is InChI=1S/C15H21NO3/c1-12(14-5-3-2-4-6-14)16-8-7-13(9-16)10-19-11-15(17)18/h2-6,12-13H,7-11H2,1H3,(H,17,18)/t12-,13+/m1/s1. The molecule has 1 aromatic rings. The number of ether oxygens (including phenoxy) is 1. The molecule has 0 radical (unpaired) electrons. The molecule has 1 aliphatic rings. The molecule has 1 heterocycles. The zero-order chi connectivity index (χ0) is 13.7. The van der Waals surface area contributed by atoms with E-state index in [1.807, 2.05) is 6.07 Å². The number of hydrogen-bond acceptors (Lipinski definition) is 3. The smallest absolute Gasteiger partial charge is 0.329 e. The number of hydrogen-bond donors (Lipinski definition) is 1. The fourth-order valence-corrected chi connectivity index (χ4v) is 2.61. The number of nitrogens with zero attached hydrogens (tertiary/aromatic N) is 1. The molecule has 0 amide bonds. The van der Waals surface area contributed by atoms with E-state index in [2.05, 4.69) is 36.1 Å². The lowest BCUT2D eigenvalue weighted by molar-refractivity contribution is -0.142. The zero-order valence-corrected chi connectivity index (χ0v) is 11.3. The van der Waals surface area contributed by atoms with Crippen molar-refractivity contribution in [1.29, 1.82) is 0 Å². The van der Waals surface area contributed by atoms with Gasteiger partial charge in [0.2, 0.25) is 0 Å². The van der Waals surface area contributed by atoms with E-state index in [-0.39, 0.29) is 6.61 Å². The summed E-state index contributed by atoms with van der Waals surface area (Å²) < 4.78 is 5.19. The van der Waals surface area contributed by atoms with Gasteiger partial charge in [-0.15, -0.1) is 0 Å². The van der Waals surface area contributed by atoms with Crippen LogP contribution in [0.25, 0.3) is 0 Å². The Kier molecular flexibility index (Phi) is 4.93. The van der Waals surface area contributed by atoms with Crippen molar-refractivity contribution in [3.8, 4) is 0 Å². The number of carboxylic acid groups (broad SMARTS) is 1. The van der Waals surface area contributed by atoms with Crippen molar-refractivity contribution in [2.24, 2.45) is 5.92 Å². The Morgan fingerprint density at radius 2 is 2.21 bits per heavy atom.